The first kappa shape index (κ1) is 18.4. The molecule has 5 nitrogen and oxygen atoms in total. The number of carbonyl (C=O) groups excluding carboxylic acids is 1. The third kappa shape index (κ3) is 3.45. The molecule has 1 amide bonds. The summed E-state index contributed by atoms with van der Waals surface area (Å²) in [6.07, 6.45) is 5.40. The average molecular weight is 368 g/mol. The van der Waals surface area contributed by atoms with Crippen molar-refractivity contribution in [3.63, 3.8) is 0 Å². The van der Waals surface area contributed by atoms with Crippen molar-refractivity contribution in [3.05, 3.63) is 41.1 Å². The van der Waals surface area contributed by atoms with Crippen LogP contribution >= 0.6 is 0 Å². The molecule has 1 saturated heterocycles. The highest BCUT2D eigenvalue weighted by Gasteiger charge is 2.40. The van der Waals surface area contributed by atoms with E-state index in [2.05, 4.69) is 30.9 Å². The fourth-order valence-electron chi connectivity index (χ4n) is 4.87. The van der Waals surface area contributed by atoms with Crippen molar-refractivity contribution in [2.45, 2.75) is 58.5 Å². The van der Waals surface area contributed by atoms with Gasteiger partial charge in [0, 0.05) is 50.8 Å². The molecule has 144 valence electrons. The number of benzene rings is 1. The van der Waals surface area contributed by atoms with Gasteiger partial charge in [-0.15, -0.1) is 0 Å². The summed E-state index contributed by atoms with van der Waals surface area (Å²) >= 11 is 0. The number of aryl methyl sites for hydroxylation is 1. The molecule has 0 spiro atoms. The van der Waals surface area contributed by atoms with Crippen molar-refractivity contribution in [2.75, 3.05) is 26.2 Å². The van der Waals surface area contributed by atoms with E-state index in [4.69, 9.17) is 5.11 Å². The van der Waals surface area contributed by atoms with Crippen molar-refractivity contribution in [1.82, 2.24) is 9.80 Å². The maximum Gasteiger partial charge on any atom is 0.258 e. The quantitative estimate of drug-likeness (QED) is 0.761. The molecule has 1 aromatic rings. The van der Waals surface area contributed by atoms with E-state index in [1.54, 1.807) is 0 Å². The topological polar surface area (TPSA) is 38.9 Å². The third-order valence-corrected chi connectivity index (χ3v) is 6.47. The Morgan fingerprint density at radius 3 is 2.41 bits per heavy atom. The average Bonchev–Trinajstić information content (AvgIpc) is 3.30. The van der Waals surface area contributed by atoms with Gasteiger partial charge in [-0.3, -0.25) is 9.69 Å². The van der Waals surface area contributed by atoms with Gasteiger partial charge in [0.05, 0.1) is 0 Å². The second-order valence-electron chi connectivity index (χ2n) is 8.17. The monoisotopic (exact) mass is 367 g/mol. The summed E-state index contributed by atoms with van der Waals surface area (Å²) < 4.78 is 2.01. The number of azo groups is 2. The Kier molecular flexibility index (Phi) is 5.13. The molecule has 2 fully saturated rings. The molecular formula is C22H31N4O+. The summed E-state index contributed by atoms with van der Waals surface area (Å²) in [4.78, 5) is 17.9. The van der Waals surface area contributed by atoms with Crippen LogP contribution < -0.4 is 0 Å². The van der Waals surface area contributed by atoms with Crippen LogP contribution in [0.3, 0.4) is 0 Å². The Balaban J connectivity index is 1.44. The van der Waals surface area contributed by atoms with Crippen LogP contribution in [0.1, 0.15) is 45.1 Å². The van der Waals surface area contributed by atoms with Crippen LogP contribution in [0.2, 0.25) is 0 Å². The minimum absolute atomic E-state index is 0.0218. The highest BCUT2D eigenvalue weighted by Crippen LogP contribution is 2.32. The Morgan fingerprint density at radius 2 is 1.74 bits per heavy atom. The maximum atomic E-state index is 13.3. The van der Waals surface area contributed by atoms with Gasteiger partial charge in [-0.25, -0.2) is 0 Å². The third-order valence-electron chi connectivity index (χ3n) is 6.47. The summed E-state index contributed by atoms with van der Waals surface area (Å²) in [5.74, 6) is 0.172. The molecule has 1 aliphatic carbocycles. The van der Waals surface area contributed by atoms with Crippen molar-refractivity contribution in [2.24, 2.45) is 5.11 Å². The van der Waals surface area contributed by atoms with E-state index in [0.717, 1.165) is 49.2 Å². The number of hydrogen-bond donors (Lipinski definition) is 0. The highest BCUT2D eigenvalue weighted by molar-refractivity contribution is 5.95. The van der Waals surface area contributed by atoms with E-state index >= 15 is 0 Å². The van der Waals surface area contributed by atoms with E-state index in [0.29, 0.717) is 0 Å². The zero-order valence-corrected chi connectivity index (χ0v) is 16.8. The molecule has 2 aliphatic heterocycles. The highest BCUT2D eigenvalue weighted by atomic mass is 16.2. The van der Waals surface area contributed by atoms with E-state index in [9.17, 15) is 4.79 Å². The maximum absolute atomic E-state index is 13.3. The molecule has 1 saturated carbocycles. The second-order valence-corrected chi connectivity index (χ2v) is 8.17. The Hall–Kier alpha value is -2.01. The molecule has 0 aromatic heterocycles. The van der Waals surface area contributed by atoms with Crippen LogP contribution in [0.15, 0.2) is 40.6 Å². The van der Waals surface area contributed by atoms with Crippen LogP contribution in [-0.2, 0) is 4.79 Å². The lowest BCUT2D eigenvalue weighted by molar-refractivity contribution is -0.528. The summed E-state index contributed by atoms with van der Waals surface area (Å²) in [6.45, 7) is 9.85. The predicted molar refractivity (Wildman–Crippen MR) is 106 cm³/mol. The van der Waals surface area contributed by atoms with Gasteiger partial charge in [0.2, 0.25) is 11.7 Å². The first-order valence-corrected chi connectivity index (χ1v) is 10.4. The van der Waals surface area contributed by atoms with E-state index < -0.39 is 0 Å². The molecule has 0 N–H and O–H groups in total. The molecule has 1 atom stereocenters. The number of hydrogen-bond acceptors (Lipinski definition) is 3. The lowest BCUT2D eigenvalue weighted by Gasteiger charge is -2.38. The lowest BCUT2D eigenvalue weighted by Crippen LogP contribution is -2.52. The number of nitrogens with zero attached hydrogens (tertiary/aromatic N) is 4. The minimum atomic E-state index is -0.0218. The van der Waals surface area contributed by atoms with Crippen LogP contribution in [-0.4, -0.2) is 58.7 Å². The van der Waals surface area contributed by atoms with Crippen molar-refractivity contribution in [3.8, 4) is 0 Å². The minimum Gasteiger partial charge on any atom is -0.336 e. The SMILES string of the molecule is CC1=C(C(=O)N2CCN(C3CCCC3)CC2)C(C)[N+](c2ccccc2C)=N1. The zero-order chi connectivity index (χ0) is 19.0. The molecule has 1 unspecified atom stereocenters. The molecule has 3 aliphatic rings. The first-order valence-electron chi connectivity index (χ1n) is 10.4. The standard InChI is InChI=1S/C22H31N4O/c1-16-8-4-7-11-20(16)26-18(3)21(17(2)23-26)22(27)25-14-12-24(13-15-25)19-9-5-6-10-19/h4,7-8,11,18-19H,5-6,9-10,12-15H2,1-3H3/q+1. The van der Waals surface area contributed by atoms with Gasteiger partial charge < -0.3 is 4.90 Å². The molecule has 0 radical (unpaired) electrons. The molecular weight excluding hydrogens is 336 g/mol. The van der Waals surface area contributed by atoms with Gasteiger partial charge >= 0.3 is 0 Å². The number of amides is 1. The number of carbonyl (C=O) groups is 1. The molecule has 4 rings (SSSR count). The Labute approximate surface area is 162 Å². The summed E-state index contributed by atoms with van der Waals surface area (Å²) in [6, 6.07) is 8.97. The van der Waals surface area contributed by atoms with E-state index in [1.807, 2.05) is 28.7 Å². The second kappa shape index (κ2) is 7.55. The predicted octanol–water partition coefficient (Wildman–Crippen LogP) is 3.85. The van der Waals surface area contributed by atoms with Crippen molar-refractivity contribution in [1.29, 1.82) is 0 Å². The molecule has 0 bridgehead atoms. The van der Waals surface area contributed by atoms with Crippen LogP contribution in [0.5, 0.6) is 0 Å². The fraction of sp³-hybridized carbons (Fsp3) is 0.591. The fourth-order valence-corrected chi connectivity index (χ4v) is 4.87. The van der Waals surface area contributed by atoms with Gasteiger partial charge in [0.1, 0.15) is 11.3 Å². The van der Waals surface area contributed by atoms with E-state index in [-0.39, 0.29) is 11.9 Å². The van der Waals surface area contributed by atoms with Crippen LogP contribution in [0.25, 0.3) is 0 Å². The van der Waals surface area contributed by atoms with Gasteiger partial charge in [0.25, 0.3) is 5.91 Å². The molecule has 27 heavy (non-hydrogen) atoms. The Bertz CT molecular complexity index is 783. The van der Waals surface area contributed by atoms with E-state index in [1.165, 1.54) is 31.2 Å². The lowest BCUT2D eigenvalue weighted by atomic mass is 10.0. The summed E-state index contributed by atoms with van der Waals surface area (Å²) in [5, 5.41) is 4.73. The number of piperazine rings is 1. The number of para-hydroxylation sites is 1. The van der Waals surface area contributed by atoms with Gasteiger partial charge in [0.15, 0.2) is 0 Å². The molecule has 5 heteroatoms. The molecule has 2 heterocycles. The van der Waals surface area contributed by atoms with Gasteiger partial charge in [-0.05, 0) is 31.8 Å². The summed E-state index contributed by atoms with van der Waals surface area (Å²) in [7, 11) is 0. The van der Waals surface area contributed by atoms with Gasteiger partial charge in [-0.1, -0.05) is 35.7 Å². The van der Waals surface area contributed by atoms with Gasteiger partial charge in [-0.2, -0.15) is 0 Å². The largest absolute Gasteiger partial charge is 0.336 e. The number of allylic oxidation sites excluding steroid dienone is 1. The smallest absolute Gasteiger partial charge is 0.258 e. The van der Waals surface area contributed by atoms with Crippen LogP contribution in [0.4, 0.5) is 5.69 Å². The van der Waals surface area contributed by atoms with Crippen LogP contribution in [0, 0.1) is 6.92 Å². The normalized spacial score (nSPS) is 24.6. The number of rotatable bonds is 3. The van der Waals surface area contributed by atoms with Crippen molar-refractivity contribution >= 4 is 11.6 Å². The summed E-state index contributed by atoms with van der Waals surface area (Å²) in [5.41, 5.74) is 3.97. The molecule has 1 aromatic carbocycles. The zero-order valence-electron chi connectivity index (χ0n) is 16.8. The first-order chi connectivity index (χ1) is 13.1. The Morgan fingerprint density at radius 1 is 1.07 bits per heavy atom. The van der Waals surface area contributed by atoms with Crippen molar-refractivity contribution < 1.29 is 9.49 Å².